The van der Waals surface area contributed by atoms with Gasteiger partial charge in [0.2, 0.25) is 10.0 Å². The van der Waals surface area contributed by atoms with Crippen molar-refractivity contribution < 1.29 is 8.42 Å². The quantitative estimate of drug-likeness (QED) is 0.774. The molecule has 0 aliphatic carbocycles. The molecule has 1 heterocycles. The van der Waals surface area contributed by atoms with Crippen LogP contribution in [0.3, 0.4) is 0 Å². The average molecular weight is 360 g/mol. The highest BCUT2D eigenvalue weighted by atomic mass is 79.9. The number of hydrogen-bond donors (Lipinski definition) is 0. The minimum Gasteiger partial charge on any atom is -0.212 e. The van der Waals surface area contributed by atoms with Gasteiger partial charge in [0.1, 0.15) is 0 Å². The van der Waals surface area contributed by atoms with E-state index >= 15 is 0 Å². The molecule has 3 atom stereocenters. The van der Waals surface area contributed by atoms with Crippen LogP contribution in [0.15, 0.2) is 30.3 Å². The van der Waals surface area contributed by atoms with Crippen LogP contribution in [0.4, 0.5) is 0 Å². The maximum atomic E-state index is 12.5. The van der Waals surface area contributed by atoms with Gasteiger partial charge in [0, 0.05) is 17.9 Å². The zero-order valence-electron chi connectivity index (χ0n) is 12.0. The standard InChI is InChI=1S/C15H22BrNO2S/c1-12-8-9-17(10-15(12)16)20(18,19)11-13(2)14-6-4-3-5-7-14/h3-7,12-13,15H,8-11H2,1-2H3. The van der Waals surface area contributed by atoms with E-state index in [-0.39, 0.29) is 16.5 Å². The molecule has 0 radical (unpaired) electrons. The molecule has 1 aromatic rings. The summed E-state index contributed by atoms with van der Waals surface area (Å²) >= 11 is 3.59. The molecule has 2 rings (SSSR count). The molecular formula is C15H22BrNO2S. The van der Waals surface area contributed by atoms with E-state index in [1.54, 1.807) is 4.31 Å². The first-order chi connectivity index (χ1) is 9.40. The molecule has 1 aliphatic heterocycles. The lowest BCUT2D eigenvalue weighted by molar-refractivity contribution is 0.299. The number of alkyl halides is 1. The van der Waals surface area contributed by atoms with Gasteiger partial charge in [0.25, 0.3) is 0 Å². The van der Waals surface area contributed by atoms with E-state index < -0.39 is 10.0 Å². The number of sulfonamides is 1. The van der Waals surface area contributed by atoms with Crippen molar-refractivity contribution >= 4 is 26.0 Å². The average Bonchev–Trinajstić information content (AvgIpc) is 2.42. The summed E-state index contributed by atoms with van der Waals surface area (Å²) in [4.78, 5) is 0.262. The first kappa shape index (κ1) is 16.0. The summed E-state index contributed by atoms with van der Waals surface area (Å²) in [5, 5.41) is 0. The highest BCUT2D eigenvalue weighted by Gasteiger charge is 2.32. The van der Waals surface area contributed by atoms with Gasteiger partial charge in [-0.15, -0.1) is 0 Å². The minimum absolute atomic E-state index is 0.0225. The highest BCUT2D eigenvalue weighted by molar-refractivity contribution is 9.09. The second kappa shape index (κ2) is 6.58. The van der Waals surface area contributed by atoms with E-state index in [1.807, 2.05) is 37.3 Å². The van der Waals surface area contributed by atoms with Crippen molar-refractivity contribution in [3.63, 3.8) is 0 Å². The second-order valence-electron chi connectivity index (χ2n) is 5.73. The summed E-state index contributed by atoms with van der Waals surface area (Å²) in [5.74, 6) is 0.743. The molecule has 3 unspecified atom stereocenters. The summed E-state index contributed by atoms with van der Waals surface area (Å²) in [5.41, 5.74) is 1.08. The molecule has 112 valence electrons. The maximum absolute atomic E-state index is 12.5. The fourth-order valence-electron chi connectivity index (χ4n) is 2.55. The van der Waals surface area contributed by atoms with Gasteiger partial charge in [0.15, 0.2) is 0 Å². The maximum Gasteiger partial charge on any atom is 0.214 e. The largest absolute Gasteiger partial charge is 0.214 e. The predicted molar refractivity (Wildman–Crippen MR) is 86.7 cm³/mol. The van der Waals surface area contributed by atoms with E-state index in [9.17, 15) is 8.42 Å². The first-order valence-corrected chi connectivity index (χ1v) is 9.59. The SMILES string of the molecule is CC(CS(=O)(=O)N1CCC(C)C(Br)C1)c1ccccc1. The normalized spacial score (nSPS) is 26.4. The Morgan fingerprint density at radius 3 is 2.60 bits per heavy atom. The van der Waals surface area contributed by atoms with Crippen LogP contribution >= 0.6 is 15.9 Å². The van der Waals surface area contributed by atoms with Crippen molar-refractivity contribution in [1.82, 2.24) is 4.31 Å². The molecule has 1 aromatic carbocycles. The van der Waals surface area contributed by atoms with E-state index in [1.165, 1.54) is 0 Å². The summed E-state index contributed by atoms with van der Waals surface area (Å²) in [6, 6.07) is 9.84. The van der Waals surface area contributed by atoms with Gasteiger partial charge in [-0.2, -0.15) is 0 Å². The molecule has 1 saturated heterocycles. The number of nitrogens with zero attached hydrogens (tertiary/aromatic N) is 1. The van der Waals surface area contributed by atoms with Crippen LogP contribution in [0.2, 0.25) is 0 Å². The van der Waals surface area contributed by atoms with Crippen molar-refractivity contribution in [3.05, 3.63) is 35.9 Å². The lowest BCUT2D eigenvalue weighted by Gasteiger charge is -2.34. The molecular weight excluding hydrogens is 338 g/mol. The van der Waals surface area contributed by atoms with E-state index in [2.05, 4.69) is 22.9 Å². The third-order valence-electron chi connectivity index (χ3n) is 4.05. The number of hydrogen-bond acceptors (Lipinski definition) is 2. The summed E-state index contributed by atoms with van der Waals surface area (Å²) in [6.45, 7) is 5.37. The topological polar surface area (TPSA) is 37.4 Å². The molecule has 0 N–H and O–H groups in total. The Labute approximate surface area is 130 Å². The molecule has 1 aliphatic rings. The van der Waals surface area contributed by atoms with Crippen molar-refractivity contribution in [2.45, 2.75) is 31.0 Å². The van der Waals surface area contributed by atoms with Crippen molar-refractivity contribution in [2.24, 2.45) is 5.92 Å². The van der Waals surface area contributed by atoms with Crippen LogP contribution in [-0.4, -0.2) is 36.4 Å². The van der Waals surface area contributed by atoms with Crippen LogP contribution in [0, 0.1) is 5.92 Å². The van der Waals surface area contributed by atoms with Crippen LogP contribution in [0.1, 0.15) is 31.7 Å². The van der Waals surface area contributed by atoms with E-state index in [0.717, 1.165) is 12.0 Å². The van der Waals surface area contributed by atoms with Crippen LogP contribution in [0.25, 0.3) is 0 Å². The molecule has 0 spiro atoms. The summed E-state index contributed by atoms with van der Waals surface area (Å²) in [6.07, 6.45) is 0.925. The highest BCUT2D eigenvalue weighted by Crippen LogP contribution is 2.27. The molecule has 3 nitrogen and oxygen atoms in total. The Kier molecular flexibility index (Phi) is 5.26. The fraction of sp³-hybridized carbons (Fsp3) is 0.600. The third-order valence-corrected chi connectivity index (χ3v) is 7.28. The molecule has 20 heavy (non-hydrogen) atoms. The Morgan fingerprint density at radius 1 is 1.35 bits per heavy atom. The fourth-order valence-corrected chi connectivity index (χ4v) is 5.16. The molecule has 0 amide bonds. The third kappa shape index (κ3) is 3.83. The second-order valence-corrected chi connectivity index (χ2v) is 8.92. The molecule has 0 saturated carbocycles. The Hall–Kier alpha value is -0.390. The molecule has 1 fully saturated rings. The first-order valence-electron chi connectivity index (χ1n) is 7.07. The van der Waals surface area contributed by atoms with Crippen molar-refractivity contribution in [3.8, 4) is 0 Å². The van der Waals surface area contributed by atoms with Gasteiger partial charge in [-0.25, -0.2) is 12.7 Å². The predicted octanol–water partition coefficient (Wildman–Crippen LogP) is 3.23. The Balaban J connectivity index is 2.04. The number of benzene rings is 1. The van der Waals surface area contributed by atoms with Gasteiger partial charge < -0.3 is 0 Å². The monoisotopic (exact) mass is 359 g/mol. The van der Waals surface area contributed by atoms with Crippen LogP contribution < -0.4 is 0 Å². The van der Waals surface area contributed by atoms with Gasteiger partial charge in [0.05, 0.1) is 5.75 Å². The van der Waals surface area contributed by atoms with E-state index in [4.69, 9.17) is 0 Å². The van der Waals surface area contributed by atoms with Crippen molar-refractivity contribution in [1.29, 1.82) is 0 Å². The summed E-state index contributed by atoms with van der Waals surface area (Å²) in [7, 11) is -3.18. The smallest absolute Gasteiger partial charge is 0.212 e. The Morgan fingerprint density at radius 2 is 2.00 bits per heavy atom. The van der Waals surface area contributed by atoms with Gasteiger partial charge in [-0.3, -0.25) is 0 Å². The molecule has 0 bridgehead atoms. The van der Waals surface area contributed by atoms with Crippen LogP contribution in [-0.2, 0) is 10.0 Å². The molecule has 5 heteroatoms. The lowest BCUT2D eigenvalue weighted by Crippen LogP contribution is -2.45. The number of rotatable bonds is 4. The lowest BCUT2D eigenvalue weighted by atomic mass is 10.0. The van der Waals surface area contributed by atoms with Gasteiger partial charge in [-0.05, 0) is 23.8 Å². The number of halogens is 1. The Bertz CT molecular complexity index is 532. The number of piperidine rings is 1. The molecule has 0 aromatic heterocycles. The van der Waals surface area contributed by atoms with Gasteiger partial charge in [-0.1, -0.05) is 60.1 Å². The zero-order chi connectivity index (χ0) is 14.8. The van der Waals surface area contributed by atoms with Crippen LogP contribution in [0.5, 0.6) is 0 Å². The van der Waals surface area contributed by atoms with E-state index in [0.29, 0.717) is 19.0 Å². The van der Waals surface area contributed by atoms with Gasteiger partial charge >= 0.3 is 0 Å². The van der Waals surface area contributed by atoms with Crippen molar-refractivity contribution in [2.75, 3.05) is 18.8 Å². The zero-order valence-corrected chi connectivity index (χ0v) is 14.4. The summed E-state index contributed by atoms with van der Waals surface area (Å²) < 4.78 is 26.7. The minimum atomic E-state index is -3.18.